The summed E-state index contributed by atoms with van der Waals surface area (Å²) in [6.45, 7) is 3.41. The number of aromatic nitrogens is 2. The number of carbonyl (C=O) groups excluding carboxylic acids is 2. The van der Waals surface area contributed by atoms with Gasteiger partial charge in [-0.05, 0) is 39.0 Å². The van der Waals surface area contributed by atoms with Crippen LogP contribution in [0.25, 0.3) is 0 Å². The van der Waals surface area contributed by atoms with Gasteiger partial charge in [0.1, 0.15) is 13.2 Å². The third-order valence-corrected chi connectivity index (χ3v) is 4.26. The quantitative estimate of drug-likeness (QED) is 0.806. The first-order valence-corrected chi connectivity index (χ1v) is 8.96. The van der Waals surface area contributed by atoms with E-state index in [1.165, 1.54) is 0 Å². The van der Waals surface area contributed by atoms with Gasteiger partial charge in [-0.2, -0.15) is 4.98 Å². The van der Waals surface area contributed by atoms with Crippen molar-refractivity contribution in [2.45, 2.75) is 77.5 Å². The standard InChI is InChI=1S/C17H28N4O4/c1-12-18-17(25-21-12)11-24-10-16(23)20-15-7-4-3-6-14(8-5-9-15)19-13(2)22/h14-15H,3-11H2,1-2H3,(H,19,22)(H,20,23). The number of carbonyl (C=O) groups is 2. The van der Waals surface area contributed by atoms with Gasteiger partial charge in [-0.25, -0.2) is 0 Å². The summed E-state index contributed by atoms with van der Waals surface area (Å²) in [6.07, 6.45) is 6.93. The predicted molar refractivity (Wildman–Crippen MR) is 90.5 cm³/mol. The molecule has 140 valence electrons. The molecule has 8 heteroatoms. The molecule has 0 spiro atoms. The van der Waals surface area contributed by atoms with Gasteiger partial charge in [0, 0.05) is 19.0 Å². The molecule has 1 fully saturated rings. The molecule has 1 aliphatic rings. The molecular formula is C17H28N4O4. The normalized spacial score (nSPS) is 21.7. The first kappa shape index (κ1) is 19.4. The zero-order valence-electron chi connectivity index (χ0n) is 15.0. The second kappa shape index (κ2) is 10.1. The summed E-state index contributed by atoms with van der Waals surface area (Å²) in [5, 5.41) is 9.72. The summed E-state index contributed by atoms with van der Waals surface area (Å²) in [6, 6.07) is 0.422. The molecule has 0 bridgehead atoms. The summed E-state index contributed by atoms with van der Waals surface area (Å²) < 4.78 is 10.3. The summed E-state index contributed by atoms with van der Waals surface area (Å²) in [5.41, 5.74) is 0. The van der Waals surface area contributed by atoms with Gasteiger partial charge in [-0.1, -0.05) is 18.0 Å². The van der Waals surface area contributed by atoms with Gasteiger partial charge in [0.25, 0.3) is 5.89 Å². The highest BCUT2D eigenvalue weighted by atomic mass is 16.5. The molecule has 0 aromatic carbocycles. The summed E-state index contributed by atoms with van der Waals surface area (Å²) in [4.78, 5) is 27.3. The summed E-state index contributed by atoms with van der Waals surface area (Å²) >= 11 is 0. The molecule has 1 aromatic rings. The SMILES string of the molecule is CC(=O)NC1CCCCC(NC(=O)COCc2nc(C)no2)CCC1. The molecule has 0 aliphatic heterocycles. The molecule has 0 radical (unpaired) electrons. The Labute approximate surface area is 148 Å². The van der Waals surface area contributed by atoms with Crippen molar-refractivity contribution in [3.63, 3.8) is 0 Å². The van der Waals surface area contributed by atoms with E-state index in [0.29, 0.717) is 11.7 Å². The van der Waals surface area contributed by atoms with E-state index in [-0.39, 0.29) is 37.1 Å². The van der Waals surface area contributed by atoms with Gasteiger partial charge in [0.2, 0.25) is 11.8 Å². The first-order chi connectivity index (χ1) is 12.0. The van der Waals surface area contributed by atoms with Crippen LogP contribution < -0.4 is 10.6 Å². The zero-order valence-corrected chi connectivity index (χ0v) is 15.0. The smallest absolute Gasteiger partial charge is 0.252 e. The van der Waals surface area contributed by atoms with Gasteiger partial charge in [-0.3, -0.25) is 9.59 Å². The Morgan fingerprint density at radius 2 is 1.76 bits per heavy atom. The number of hydrogen-bond acceptors (Lipinski definition) is 6. The predicted octanol–water partition coefficient (Wildman–Crippen LogP) is 1.63. The second-order valence-corrected chi connectivity index (χ2v) is 6.61. The molecule has 2 N–H and O–H groups in total. The number of ether oxygens (including phenoxy) is 1. The molecule has 2 unspecified atom stereocenters. The van der Waals surface area contributed by atoms with Crippen LogP contribution in [0.1, 0.15) is 63.6 Å². The van der Waals surface area contributed by atoms with Crippen LogP contribution in [0.15, 0.2) is 4.52 Å². The third-order valence-electron chi connectivity index (χ3n) is 4.26. The lowest BCUT2D eigenvalue weighted by molar-refractivity contribution is -0.127. The molecule has 1 aliphatic carbocycles. The number of aryl methyl sites for hydroxylation is 1. The summed E-state index contributed by atoms with van der Waals surface area (Å²) in [5.74, 6) is 0.824. The van der Waals surface area contributed by atoms with Crippen LogP contribution in [0.3, 0.4) is 0 Å². The van der Waals surface area contributed by atoms with Crippen molar-refractivity contribution in [1.29, 1.82) is 0 Å². The highest BCUT2D eigenvalue weighted by molar-refractivity contribution is 5.77. The fraction of sp³-hybridized carbons (Fsp3) is 0.765. The maximum atomic E-state index is 12.0. The largest absolute Gasteiger partial charge is 0.362 e. The Kier molecular flexibility index (Phi) is 7.84. The molecule has 1 saturated carbocycles. The minimum absolute atomic E-state index is 0.0214. The Bertz CT molecular complexity index is 561. The van der Waals surface area contributed by atoms with E-state index in [9.17, 15) is 9.59 Å². The minimum Gasteiger partial charge on any atom is -0.362 e. The molecular weight excluding hydrogens is 324 g/mol. The Hall–Kier alpha value is -1.96. The topological polar surface area (TPSA) is 106 Å². The van der Waals surface area contributed by atoms with E-state index in [4.69, 9.17) is 9.26 Å². The van der Waals surface area contributed by atoms with Crippen LogP contribution in [0, 0.1) is 6.92 Å². The van der Waals surface area contributed by atoms with Crippen molar-refractivity contribution >= 4 is 11.8 Å². The fourth-order valence-electron chi connectivity index (χ4n) is 3.16. The number of nitrogens with one attached hydrogen (secondary N) is 2. The lowest BCUT2D eigenvalue weighted by Gasteiger charge is -2.18. The van der Waals surface area contributed by atoms with Gasteiger partial charge < -0.3 is 19.9 Å². The van der Waals surface area contributed by atoms with Crippen molar-refractivity contribution < 1.29 is 18.8 Å². The van der Waals surface area contributed by atoms with E-state index in [0.717, 1.165) is 44.9 Å². The Morgan fingerprint density at radius 3 is 2.36 bits per heavy atom. The highest BCUT2D eigenvalue weighted by Gasteiger charge is 2.17. The molecule has 1 aromatic heterocycles. The van der Waals surface area contributed by atoms with Gasteiger partial charge in [0.15, 0.2) is 5.82 Å². The van der Waals surface area contributed by atoms with Crippen molar-refractivity contribution in [3.05, 3.63) is 11.7 Å². The average Bonchev–Trinajstić information content (AvgIpc) is 2.98. The highest BCUT2D eigenvalue weighted by Crippen LogP contribution is 2.18. The van der Waals surface area contributed by atoms with Crippen molar-refractivity contribution in [2.24, 2.45) is 0 Å². The van der Waals surface area contributed by atoms with Crippen LogP contribution in [0.4, 0.5) is 0 Å². The van der Waals surface area contributed by atoms with E-state index in [1.54, 1.807) is 13.8 Å². The monoisotopic (exact) mass is 352 g/mol. The third kappa shape index (κ3) is 7.64. The lowest BCUT2D eigenvalue weighted by Crippen LogP contribution is -2.37. The Morgan fingerprint density at radius 1 is 1.12 bits per heavy atom. The van der Waals surface area contributed by atoms with Gasteiger partial charge >= 0.3 is 0 Å². The molecule has 0 saturated heterocycles. The molecule has 1 heterocycles. The minimum atomic E-state index is -0.126. The number of rotatable bonds is 6. The summed E-state index contributed by atoms with van der Waals surface area (Å²) in [7, 11) is 0. The van der Waals surface area contributed by atoms with Gasteiger partial charge in [-0.15, -0.1) is 0 Å². The van der Waals surface area contributed by atoms with Crippen LogP contribution in [-0.4, -0.2) is 40.6 Å². The molecule has 2 atom stereocenters. The fourth-order valence-corrected chi connectivity index (χ4v) is 3.16. The van der Waals surface area contributed by atoms with Crippen molar-refractivity contribution in [3.8, 4) is 0 Å². The Balaban J connectivity index is 1.68. The number of amides is 2. The number of hydrogen-bond donors (Lipinski definition) is 2. The van der Waals surface area contributed by atoms with Crippen molar-refractivity contribution in [2.75, 3.05) is 6.61 Å². The number of nitrogens with zero attached hydrogens (tertiary/aromatic N) is 2. The van der Waals surface area contributed by atoms with E-state index >= 15 is 0 Å². The van der Waals surface area contributed by atoms with Crippen LogP contribution >= 0.6 is 0 Å². The second-order valence-electron chi connectivity index (χ2n) is 6.61. The maximum Gasteiger partial charge on any atom is 0.252 e. The van der Waals surface area contributed by atoms with Crippen molar-refractivity contribution in [1.82, 2.24) is 20.8 Å². The van der Waals surface area contributed by atoms with E-state index in [1.807, 2.05) is 0 Å². The maximum absolute atomic E-state index is 12.0. The van der Waals surface area contributed by atoms with E-state index < -0.39 is 0 Å². The van der Waals surface area contributed by atoms with Crippen LogP contribution in [0.5, 0.6) is 0 Å². The first-order valence-electron chi connectivity index (χ1n) is 8.96. The molecule has 25 heavy (non-hydrogen) atoms. The molecule has 2 amide bonds. The molecule has 8 nitrogen and oxygen atoms in total. The van der Waals surface area contributed by atoms with E-state index in [2.05, 4.69) is 20.8 Å². The van der Waals surface area contributed by atoms with Gasteiger partial charge in [0.05, 0.1) is 0 Å². The van der Waals surface area contributed by atoms with Crippen LogP contribution in [0.2, 0.25) is 0 Å². The zero-order chi connectivity index (χ0) is 18.1. The van der Waals surface area contributed by atoms with Crippen LogP contribution in [-0.2, 0) is 20.9 Å². The molecule has 2 rings (SSSR count). The lowest BCUT2D eigenvalue weighted by atomic mass is 10.0. The average molecular weight is 352 g/mol.